The summed E-state index contributed by atoms with van der Waals surface area (Å²) in [5.41, 5.74) is 8.61. The summed E-state index contributed by atoms with van der Waals surface area (Å²) in [7, 11) is 0. The lowest BCUT2D eigenvalue weighted by Gasteiger charge is -2.14. The zero-order valence-corrected chi connectivity index (χ0v) is 11.0. The first-order valence-electron chi connectivity index (χ1n) is 6.43. The Balaban J connectivity index is 2.30. The maximum atomic E-state index is 11.9. The molecule has 0 aliphatic carbocycles. The first kappa shape index (κ1) is 13.3. The first-order valence-corrected chi connectivity index (χ1v) is 6.43. The van der Waals surface area contributed by atoms with E-state index in [2.05, 4.69) is 5.32 Å². The van der Waals surface area contributed by atoms with E-state index in [0.29, 0.717) is 6.42 Å². The van der Waals surface area contributed by atoms with Crippen LogP contribution in [-0.4, -0.2) is 11.9 Å². The molecule has 19 heavy (non-hydrogen) atoms. The topological polar surface area (TPSA) is 55.1 Å². The van der Waals surface area contributed by atoms with Crippen LogP contribution < -0.4 is 11.1 Å². The van der Waals surface area contributed by atoms with Gasteiger partial charge in [-0.15, -0.1) is 0 Å². The van der Waals surface area contributed by atoms with Gasteiger partial charge in [-0.2, -0.15) is 0 Å². The van der Waals surface area contributed by atoms with E-state index >= 15 is 0 Å². The molecule has 0 radical (unpaired) electrons. The molecule has 98 valence electrons. The number of hydrogen-bond donors (Lipinski definition) is 2. The quantitative estimate of drug-likeness (QED) is 0.881. The summed E-state index contributed by atoms with van der Waals surface area (Å²) in [4.78, 5) is 11.9. The van der Waals surface area contributed by atoms with E-state index in [0.717, 1.165) is 16.8 Å². The molecule has 3 heteroatoms. The number of rotatable bonds is 4. The highest BCUT2D eigenvalue weighted by Gasteiger charge is 2.13. The second kappa shape index (κ2) is 6.16. The maximum Gasteiger partial charge on any atom is 0.241 e. The molecule has 2 rings (SSSR count). The minimum Gasteiger partial charge on any atom is -0.324 e. The van der Waals surface area contributed by atoms with Gasteiger partial charge in [-0.3, -0.25) is 4.79 Å². The van der Waals surface area contributed by atoms with Gasteiger partial charge in [0, 0.05) is 11.3 Å². The Hall–Kier alpha value is -2.13. The molecule has 1 unspecified atom stereocenters. The standard InChI is InChI=1S/C16H18N2O/c1-2-14(17)16(19)18-15-11-7-6-10-13(15)12-8-4-3-5-9-12/h3-11,14H,2,17H2,1H3,(H,18,19). The van der Waals surface area contributed by atoms with Gasteiger partial charge in [0.1, 0.15) is 0 Å². The number of amides is 1. The molecule has 0 bridgehead atoms. The number of nitrogens with two attached hydrogens (primary N) is 1. The van der Waals surface area contributed by atoms with Crippen molar-refractivity contribution in [3.8, 4) is 11.1 Å². The summed E-state index contributed by atoms with van der Waals surface area (Å²) in [6.07, 6.45) is 0.624. The van der Waals surface area contributed by atoms with Crippen molar-refractivity contribution in [2.24, 2.45) is 5.73 Å². The molecule has 3 nitrogen and oxygen atoms in total. The number of carbonyl (C=O) groups excluding carboxylic acids is 1. The van der Waals surface area contributed by atoms with Gasteiger partial charge in [0.05, 0.1) is 6.04 Å². The molecule has 2 aromatic carbocycles. The van der Waals surface area contributed by atoms with Gasteiger partial charge in [0.25, 0.3) is 0 Å². The number of para-hydroxylation sites is 1. The Morgan fingerprint density at radius 2 is 1.74 bits per heavy atom. The highest BCUT2D eigenvalue weighted by molar-refractivity contribution is 5.98. The molecule has 1 atom stereocenters. The lowest BCUT2D eigenvalue weighted by atomic mass is 10.0. The second-order valence-corrected chi connectivity index (χ2v) is 4.42. The smallest absolute Gasteiger partial charge is 0.241 e. The lowest BCUT2D eigenvalue weighted by molar-refractivity contribution is -0.117. The van der Waals surface area contributed by atoms with Crippen molar-refractivity contribution in [2.45, 2.75) is 19.4 Å². The van der Waals surface area contributed by atoms with Crippen LogP contribution in [0.25, 0.3) is 11.1 Å². The van der Waals surface area contributed by atoms with Crippen LogP contribution in [0.3, 0.4) is 0 Å². The van der Waals surface area contributed by atoms with Gasteiger partial charge < -0.3 is 11.1 Å². The number of carbonyl (C=O) groups is 1. The normalized spacial score (nSPS) is 11.9. The fourth-order valence-corrected chi connectivity index (χ4v) is 1.87. The number of benzene rings is 2. The van der Waals surface area contributed by atoms with E-state index in [1.807, 2.05) is 61.5 Å². The van der Waals surface area contributed by atoms with Crippen molar-refractivity contribution >= 4 is 11.6 Å². The third-order valence-corrected chi connectivity index (χ3v) is 3.05. The van der Waals surface area contributed by atoms with E-state index in [9.17, 15) is 4.79 Å². The summed E-state index contributed by atoms with van der Waals surface area (Å²) in [6, 6.07) is 17.2. The molecule has 3 N–H and O–H groups in total. The van der Waals surface area contributed by atoms with Crippen LogP contribution in [0.15, 0.2) is 54.6 Å². The fraction of sp³-hybridized carbons (Fsp3) is 0.188. The summed E-state index contributed by atoms with van der Waals surface area (Å²) in [6.45, 7) is 1.90. The molecule has 0 fully saturated rings. The summed E-state index contributed by atoms with van der Waals surface area (Å²) in [5.74, 6) is -0.147. The molecule has 2 aromatic rings. The van der Waals surface area contributed by atoms with Gasteiger partial charge >= 0.3 is 0 Å². The highest BCUT2D eigenvalue weighted by atomic mass is 16.2. The summed E-state index contributed by atoms with van der Waals surface area (Å²) in [5, 5.41) is 2.90. The molecule has 0 aliphatic rings. The van der Waals surface area contributed by atoms with E-state index < -0.39 is 6.04 Å². The van der Waals surface area contributed by atoms with Gasteiger partial charge in [-0.05, 0) is 18.1 Å². The first-order chi connectivity index (χ1) is 9.22. The van der Waals surface area contributed by atoms with Crippen LogP contribution in [0.1, 0.15) is 13.3 Å². The molecular weight excluding hydrogens is 236 g/mol. The molecular formula is C16H18N2O. The third kappa shape index (κ3) is 3.20. The Kier molecular flexibility index (Phi) is 4.31. The van der Waals surface area contributed by atoms with Crippen molar-refractivity contribution in [3.63, 3.8) is 0 Å². The van der Waals surface area contributed by atoms with E-state index in [4.69, 9.17) is 5.73 Å². The molecule has 0 aromatic heterocycles. The number of nitrogens with one attached hydrogen (secondary N) is 1. The predicted molar refractivity (Wildman–Crippen MR) is 78.8 cm³/mol. The minimum atomic E-state index is -0.469. The molecule has 0 heterocycles. The Labute approximate surface area is 113 Å². The molecule has 0 saturated heterocycles. The molecule has 0 aliphatic heterocycles. The maximum absolute atomic E-state index is 11.9. The largest absolute Gasteiger partial charge is 0.324 e. The van der Waals surface area contributed by atoms with Crippen LogP contribution in [0, 0.1) is 0 Å². The lowest BCUT2D eigenvalue weighted by Crippen LogP contribution is -2.34. The third-order valence-electron chi connectivity index (χ3n) is 3.05. The van der Waals surface area contributed by atoms with E-state index in [1.54, 1.807) is 0 Å². The average Bonchev–Trinajstić information content (AvgIpc) is 2.47. The van der Waals surface area contributed by atoms with Crippen molar-refractivity contribution < 1.29 is 4.79 Å². The zero-order chi connectivity index (χ0) is 13.7. The van der Waals surface area contributed by atoms with Gasteiger partial charge in [0.2, 0.25) is 5.91 Å². The molecule has 0 spiro atoms. The van der Waals surface area contributed by atoms with Gasteiger partial charge in [0.15, 0.2) is 0 Å². The highest BCUT2D eigenvalue weighted by Crippen LogP contribution is 2.27. The van der Waals surface area contributed by atoms with Crippen molar-refractivity contribution in [1.29, 1.82) is 0 Å². The van der Waals surface area contributed by atoms with Gasteiger partial charge in [-0.25, -0.2) is 0 Å². The zero-order valence-electron chi connectivity index (χ0n) is 11.0. The Bertz CT molecular complexity index is 552. The SMILES string of the molecule is CCC(N)C(=O)Nc1ccccc1-c1ccccc1. The Morgan fingerprint density at radius 3 is 2.42 bits per heavy atom. The summed E-state index contributed by atoms with van der Waals surface area (Å²) < 4.78 is 0. The van der Waals surface area contributed by atoms with Crippen LogP contribution >= 0.6 is 0 Å². The Morgan fingerprint density at radius 1 is 1.11 bits per heavy atom. The van der Waals surface area contributed by atoms with Crippen LogP contribution in [0.4, 0.5) is 5.69 Å². The van der Waals surface area contributed by atoms with E-state index in [-0.39, 0.29) is 5.91 Å². The van der Waals surface area contributed by atoms with Crippen molar-refractivity contribution in [1.82, 2.24) is 0 Å². The fourth-order valence-electron chi connectivity index (χ4n) is 1.87. The van der Waals surface area contributed by atoms with Crippen LogP contribution in [0.2, 0.25) is 0 Å². The average molecular weight is 254 g/mol. The van der Waals surface area contributed by atoms with Crippen LogP contribution in [0.5, 0.6) is 0 Å². The minimum absolute atomic E-state index is 0.147. The number of anilines is 1. The van der Waals surface area contributed by atoms with Crippen LogP contribution in [-0.2, 0) is 4.79 Å². The van der Waals surface area contributed by atoms with E-state index in [1.165, 1.54) is 0 Å². The summed E-state index contributed by atoms with van der Waals surface area (Å²) >= 11 is 0. The van der Waals surface area contributed by atoms with Crippen molar-refractivity contribution in [3.05, 3.63) is 54.6 Å². The van der Waals surface area contributed by atoms with Gasteiger partial charge in [-0.1, -0.05) is 55.5 Å². The number of hydrogen-bond acceptors (Lipinski definition) is 2. The second-order valence-electron chi connectivity index (χ2n) is 4.42. The van der Waals surface area contributed by atoms with Crippen molar-refractivity contribution in [2.75, 3.05) is 5.32 Å². The molecule has 1 amide bonds. The molecule has 0 saturated carbocycles. The predicted octanol–water partition coefficient (Wildman–Crippen LogP) is 3.03. The monoisotopic (exact) mass is 254 g/mol.